The molecule has 4 aromatic rings. The van der Waals surface area contributed by atoms with Crippen molar-refractivity contribution in [1.29, 1.82) is 0 Å². The Kier molecular flexibility index (Phi) is 1.94. The fraction of sp³-hybridized carbons (Fsp3) is 0.0769. The van der Waals surface area contributed by atoms with Crippen LogP contribution in [-0.2, 0) is 0 Å². The lowest BCUT2D eigenvalue weighted by Crippen LogP contribution is -1.93. The summed E-state index contributed by atoms with van der Waals surface area (Å²) in [6.07, 6.45) is 7.29. The molecule has 0 saturated carbocycles. The highest BCUT2D eigenvalue weighted by atomic mass is 15.2. The Morgan fingerprint density at radius 3 is 3.11 bits per heavy atom. The number of hydrogen-bond acceptors (Lipinski definition) is 4. The van der Waals surface area contributed by atoms with E-state index in [1.54, 1.807) is 10.7 Å². The fourth-order valence-corrected chi connectivity index (χ4v) is 2.17. The largest absolute Gasteiger partial charge is 0.345 e. The van der Waals surface area contributed by atoms with Crippen molar-refractivity contribution >= 4 is 16.7 Å². The van der Waals surface area contributed by atoms with Gasteiger partial charge in [0, 0.05) is 35.7 Å². The van der Waals surface area contributed by atoms with Crippen LogP contribution in [0.25, 0.3) is 27.9 Å². The molecule has 0 fully saturated rings. The van der Waals surface area contributed by atoms with Crippen LogP contribution in [0.3, 0.4) is 0 Å². The van der Waals surface area contributed by atoms with Crippen molar-refractivity contribution < 1.29 is 0 Å². The molecule has 0 saturated heterocycles. The number of aromatic amines is 1. The second kappa shape index (κ2) is 3.61. The summed E-state index contributed by atoms with van der Waals surface area (Å²) in [5, 5.41) is 5.50. The molecule has 0 unspecified atom stereocenters. The van der Waals surface area contributed by atoms with Gasteiger partial charge >= 0.3 is 0 Å². The average Bonchev–Trinajstić information content (AvgIpc) is 3.02. The molecule has 0 bridgehead atoms. The quantitative estimate of drug-likeness (QED) is 0.560. The van der Waals surface area contributed by atoms with Gasteiger partial charge in [-0.1, -0.05) is 0 Å². The highest BCUT2D eigenvalue weighted by Crippen LogP contribution is 2.25. The highest BCUT2D eigenvalue weighted by Gasteiger charge is 2.09. The van der Waals surface area contributed by atoms with Gasteiger partial charge in [-0.15, -0.1) is 0 Å². The van der Waals surface area contributed by atoms with Gasteiger partial charge in [-0.25, -0.2) is 19.5 Å². The number of hydrogen-bond donors (Lipinski definition) is 1. The van der Waals surface area contributed by atoms with E-state index in [0.717, 1.165) is 33.8 Å². The van der Waals surface area contributed by atoms with Crippen LogP contribution in [-0.4, -0.2) is 29.5 Å². The summed E-state index contributed by atoms with van der Waals surface area (Å²) in [6, 6.07) is 3.89. The zero-order valence-corrected chi connectivity index (χ0v) is 10.2. The summed E-state index contributed by atoms with van der Waals surface area (Å²) in [5.74, 6) is 0.749. The molecule has 0 aliphatic carbocycles. The zero-order valence-electron chi connectivity index (χ0n) is 10.2. The summed E-state index contributed by atoms with van der Waals surface area (Å²) in [7, 11) is 0. The first-order valence-electron chi connectivity index (χ1n) is 5.93. The molecule has 0 radical (unpaired) electrons. The van der Waals surface area contributed by atoms with Gasteiger partial charge in [-0.3, -0.25) is 0 Å². The van der Waals surface area contributed by atoms with E-state index in [1.807, 2.05) is 37.6 Å². The lowest BCUT2D eigenvalue weighted by molar-refractivity contribution is 0.943. The lowest BCUT2D eigenvalue weighted by Gasteiger charge is -1.99. The Morgan fingerprint density at radius 1 is 1.21 bits per heavy atom. The summed E-state index contributed by atoms with van der Waals surface area (Å²) in [4.78, 5) is 15.9. The van der Waals surface area contributed by atoms with E-state index < -0.39 is 0 Å². The van der Waals surface area contributed by atoms with Crippen molar-refractivity contribution in [1.82, 2.24) is 29.5 Å². The molecule has 4 rings (SSSR count). The number of nitrogens with zero attached hydrogens (tertiary/aromatic N) is 5. The maximum atomic E-state index is 4.53. The predicted octanol–water partition coefficient (Wildman–Crippen LogP) is 1.98. The summed E-state index contributed by atoms with van der Waals surface area (Å²) >= 11 is 0. The third-order valence-corrected chi connectivity index (χ3v) is 3.08. The minimum Gasteiger partial charge on any atom is -0.345 e. The molecule has 0 aliphatic rings. The van der Waals surface area contributed by atoms with Crippen LogP contribution in [0.15, 0.2) is 36.9 Å². The third-order valence-electron chi connectivity index (χ3n) is 3.08. The van der Waals surface area contributed by atoms with Crippen LogP contribution in [0.2, 0.25) is 0 Å². The fourth-order valence-electron chi connectivity index (χ4n) is 2.17. The van der Waals surface area contributed by atoms with Crippen molar-refractivity contribution in [3.05, 3.63) is 42.7 Å². The van der Waals surface area contributed by atoms with Crippen LogP contribution >= 0.6 is 0 Å². The number of fused-ring (bicyclic) bond motifs is 2. The minimum absolute atomic E-state index is 0.749. The molecule has 0 atom stereocenters. The molecule has 0 amide bonds. The maximum absolute atomic E-state index is 4.53. The molecule has 4 heterocycles. The summed E-state index contributed by atoms with van der Waals surface area (Å²) < 4.78 is 1.75. The third kappa shape index (κ3) is 1.50. The number of rotatable bonds is 1. The van der Waals surface area contributed by atoms with Crippen LogP contribution in [0.4, 0.5) is 0 Å². The van der Waals surface area contributed by atoms with Crippen LogP contribution < -0.4 is 0 Å². The smallest absolute Gasteiger partial charge is 0.153 e. The monoisotopic (exact) mass is 250 g/mol. The van der Waals surface area contributed by atoms with Crippen molar-refractivity contribution in [3.8, 4) is 11.3 Å². The zero-order chi connectivity index (χ0) is 12.8. The Balaban J connectivity index is 1.97. The van der Waals surface area contributed by atoms with Gasteiger partial charge in [0.05, 0.1) is 5.69 Å². The topological polar surface area (TPSA) is 71.8 Å². The second-order valence-electron chi connectivity index (χ2n) is 4.33. The SMILES string of the molecule is Cc1ncc2c(-c3ccc4nccn4n3)c[nH]c2n1. The van der Waals surface area contributed by atoms with Crippen LogP contribution in [0.1, 0.15) is 5.82 Å². The Morgan fingerprint density at radius 2 is 2.16 bits per heavy atom. The van der Waals surface area contributed by atoms with Gasteiger partial charge in [0.2, 0.25) is 0 Å². The molecule has 6 nitrogen and oxygen atoms in total. The predicted molar refractivity (Wildman–Crippen MR) is 70.6 cm³/mol. The molecule has 4 aromatic heterocycles. The van der Waals surface area contributed by atoms with E-state index in [1.165, 1.54) is 0 Å². The molecular formula is C13H10N6. The van der Waals surface area contributed by atoms with E-state index >= 15 is 0 Å². The highest BCUT2D eigenvalue weighted by molar-refractivity contribution is 5.91. The molecule has 92 valence electrons. The maximum Gasteiger partial charge on any atom is 0.153 e. The Bertz CT molecular complexity index is 888. The first kappa shape index (κ1) is 10.2. The number of aromatic nitrogens is 6. The Hall–Kier alpha value is -2.76. The second-order valence-corrected chi connectivity index (χ2v) is 4.33. The molecule has 19 heavy (non-hydrogen) atoms. The average molecular weight is 250 g/mol. The number of nitrogens with one attached hydrogen (secondary N) is 1. The van der Waals surface area contributed by atoms with Gasteiger partial charge in [-0.2, -0.15) is 5.10 Å². The van der Waals surface area contributed by atoms with Gasteiger partial charge in [0.15, 0.2) is 5.65 Å². The van der Waals surface area contributed by atoms with Crippen LogP contribution in [0.5, 0.6) is 0 Å². The molecule has 6 heteroatoms. The number of aryl methyl sites for hydroxylation is 1. The van der Waals surface area contributed by atoms with E-state index in [9.17, 15) is 0 Å². The van der Waals surface area contributed by atoms with Crippen molar-refractivity contribution in [2.24, 2.45) is 0 Å². The molecule has 0 aliphatic heterocycles. The number of imidazole rings is 1. The van der Waals surface area contributed by atoms with Crippen molar-refractivity contribution in [2.75, 3.05) is 0 Å². The molecule has 0 aromatic carbocycles. The standard InChI is InChI=1S/C13H10N6/c1-8-15-7-10-9(6-16-13(10)17-8)11-2-3-12-14-4-5-19(12)18-11/h2-7H,1H3,(H,15,16,17). The lowest BCUT2D eigenvalue weighted by atomic mass is 10.2. The van der Waals surface area contributed by atoms with Gasteiger partial charge in [0.25, 0.3) is 0 Å². The first-order chi connectivity index (χ1) is 9.31. The molecule has 0 spiro atoms. The van der Waals surface area contributed by atoms with Crippen LogP contribution in [0, 0.1) is 6.92 Å². The summed E-state index contributed by atoms with van der Waals surface area (Å²) in [6.45, 7) is 1.87. The van der Waals surface area contributed by atoms with E-state index in [4.69, 9.17) is 0 Å². The first-order valence-corrected chi connectivity index (χ1v) is 5.93. The minimum atomic E-state index is 0.749. The van der Waals surface area contributed by atoms with Gasteiger partial charge in [0.1, 0.15) is 11.5 Å². The van der Waals surface area contributed by atoms with Gasteiger partial charge < -0.3 is 4.98 Å². The van der Waals surface area contributed by atoms with Crippen molar-refractivity contribution in [3.63, 3.8) is 0 Å². The normalized spacial score (nSPS) is 11.4. The molecular weight excluding hydrogens is 240 g/mol. The Labute approximate surface area is 108 Å². The number of H-pyrrole nitrogens is 1. The van der Waals surface area contributed by atoms with E-state index in [0.29, 0.717) is 0 Å². The van der Waals surface area contributed by atoms with Gasteiger partial charge in [-0.05, 0) is 19.1 Å². The molecule has 1 N–H and O–H groups in total. The summed E-state index contributed by atoms with van der Waals surface area (Å²) in [5.41, 5.74) is 3.51. The van der Waals surface area contributed by atoms with E-state index in [-0.39, 0.29) is 0 Å². The van der Waals surface area contributed by atoms with Crippen molar-refractivity contribution in [2.45, 2.75) is 6.92 Å². The van der Waals surface area contributed by atoms with E-state index in [2.05, 4.69) is 25.0 Å².